The van der Waals surface area contributed by atoms with Crippen molar-refractivity contribution in [1.82, 2.24) is 9.78 Å². The van der Waals surface area contributed by atoms with E-state index in [2.05, 4.69) is 26.3 Å². The van der Waals surface area contributed by atoms with Crippen LogP contribution >= 0.6 is 15.9 Å². The highest BCUT2D eigenvalue weighted by Gasteiger charge is 2.25. The van der Waals surface area contributed by atoms with E-state index in [1.807, 2.05) is 13.8 Å². The van der Waals surface area contributed by atoms with E-state index in [0.717, 1.165) is 18.7 Å². The van der Waals surface area contributed by atoms with E-state index in [4.69, 9.17) is 4.74 Å². The molecule has 17 heavy (non-hydrogen) atoms. The van der Waals surface area contributed by atoms with Gasteiger partial charge in [-0.25, -0.2) is 4.68 Å². The van der Waals surface area contributed by atoms with Crippen LogP contribution in [0, 0.1) is 0 Å². The average Bonchev–Trinajstić information content (AvgIpc) is 2.71. The third-order valence-electron chi connectivity index (χ3n) is 3.00. The van der Waals surface area contributed by atoms with Crippen molar-refractivity contribution in [1.29, 1.82) is 0 Å². The molecule has 1 aromatic heterocycles. The highest BCUT2D eigenvalue weighted by molar-refractivity contribution is 9.10. The second-order valence-electron chi connectivity index (χ2n) is 4.11. The smallest absolute Gasteiger partial charge is 0.283 e. The monoisotopic (exact) mass is 301 g/mol. The highest BCUT2D eigenvalue weighted by Crippen LogP contribution is 2.22. The Bertz CT molecular complexity index is 461. The summed E-state index contributed by atoms with van der Waals surface area (Å²) >= 11 is 3.32. The lowest BCUT2D eigenvalue weighted by molar-refractivity contribution is 0.121. The topological polar surface area (TPSA) is 56.1 Å². The molecule has 0 bridgehead atoms. The van der Waals surface area contributed by atoms with Gasteiger partial charge in [0.25, 0.3) is 5.56 Å². The van der Waals surface area contributed by atoms with Crippen molar-refractivity contribution in [2.45, 2.75) is 39.0 Å². The molecule has 2 atom stereocenters. The number of ether oxygens (including phenoxy) is 1. The Morgan fingerprint density at radius 1 is 1.71 bits per heavy atom. The van der Waals surface area contributed by atoms with Crippen LogP contribution in [-0.4, -0.2) is 28.5 Å². The molecule has 0 radical (unpaired) electrons. The molecular formula is C11H16BrN3O2. The van der Waals surface area contributed by atoms with Gasteiger partial charge in [-0.05, 0) is 36.2 Å². The van der Waals surface area contributed by atoms with E-state index in [1.165, 1.54) is 4.68 Å². The maximum absolute atomic E-state index is 11.9. The van der Waals surface area contributed by atoms with E-state index < -0.39 is 0 Å². The normalized spacial score (nSPS) is 23.9. The van der Waals surface area contributed by atoms with Crippen LogP contribution < -0.4 is 10.9 Å². The Labute approximate surface area is 108 Å². The molecule has 2 rings (SSSR count). The van der Waals surface area contributed by atoms with Gasteiger partial charge in [0.1, 0.15) is 4.47 Å². The van der Waals surface area contributed by atoms with Gasteiger partial charge < -0.3 is 10.1 Å². The minimum atomic E-state index is -0.107. The number of halogens is 1. The molecule has 94 valence electrons. The molecule has 0 aliphatic carbocycles. The molecule has 1 N–H and O–H groups in total. The summed E-state index contributed by atoms with van der Waals surface area (Å²) in [7, 11) is 0. The summed E-state index contributed by atoms with van der Waals surface area (Å²) < 4.78 is 7.43. The molecule has 1 aliphatic rings. The van der Waals surface area contributed by atoms with Crippen molar-refractivity contribution in [3.63, 3.8) is 0 Å². The number of nitrogens with zero attached hydrogens (tertiary/aromatic N) is 2. The van der Waals surface area contributed by atoms with Crippen LogP contribution in [0.3, 0.4) is 0 Å². The molecule has 1 aliphatic heterocycles. The molecule has 0 aromatic carbocycles. The Kier molecular flexibility index (Phi) is 3.83. The first-order valence-electron chi connectivity index (χ1n) is 5.77. The molecular weight excluding hydrogens is 286 g/mol. The third kappa shape index (κ3) is 2.52. The zero-order valence-electron chi connectivity index (χ0n) is 9.94. The second kappa shape index (κ2) is 5.18. The van der Waals surface area contributed by atoms with Gasteiger partial charge >= 0.3 is 0 Å². The number of aromatic nitrogens is 2. The first-order chi connectivity index (χ1) is 8.13. The van der Waals surface area contributed by atoms with Crippen LogP contribution in [-0.2, 0) is 11.3 Å². The first-order valence-corrected chi connectivity index (χ1v) is 6.56. The molecule has 5 nitrogen and oxygen atoms in total. The fraction of sp³-hybridized carbons (Fsp3) is 0.636. The van der Waals surface area contributed by atoms with E-state index in [-0.39, 0.29) is 17.7 Å². The first kappa shape index (κ1) is 12.6. The Morgan fingerprint density at radius 3 is 3.06 bits per heavy atom. The molecule has 1 aromatic rings. The van der Waals surface area contributed by atoms with Crippen molar-refractivity contribution in [3.8, 4) is 0 Å². The van der Waals surface area contributed by atoms with E-state index in [1.54, 1.807) is 6.20 Å². The zero-order valence-corrected chi connectivity index (χ0v) is 11.5. The van der Waals surface area contributed by atoms with E-state index >= 15 is 0 Å². The van der Waals surface area contributed by atoms with Crippen molar-refractivity contribution >= 4 is 21.6 Å². The minimum absolute atomic E-state index is 0.107. The maximum atomic E-state index is 11.9. The predicted molar refractivity (Wildman–Crippen MR) is 69.3 cm³/mol. The van der Waals surface area contributed by atoms with Crippen molar-refractivity contribution in [2.75, 3.05) is 11.9 Å². The van der Waals surface area contributed by atoms with Gasteiger partial charge in [0, 0.05) is 13.2 Å². The van der Waals surface area contributed by atoms with Crippen LogP contribution in [0.15, 0.2) is 15.5 Å². The summed E-state index contributed by atoms with van der Waals surface area (Å²) in [4.78, 5) is 11.9. The van der Waals surface area contributed by atoms with Gasteiger partial charge in [0.05, 0.1) is 24.0 Å². The zero-order chi connectivity index (χ0) is 12.4. The summed E-state index contributed by atoms with van der Waals surface area (Å²) in [5, 5.41) is 7.40. The summed E-state index contributed by atoms with van der Waals surface area (Å²) in [6.07, 6.45) is 2.79. The fourth-order valence-electron chi connectivity index (χ4n) is 1.91. The van der Waals surface area contributed by atoms with Gasteiger partial charge in [-0.15, -0.1) is 0 Å². The molecule has 0 spiro atoms. The van der Waals surface area contributed by atoms with Crippen LogP contribution in [0.25, 0.3) is 0 Å². The number of hydrogen-bond donors (Lipinski definition) is 1. The predicted octanol–water partition coefficient (Wildman–Crippen LogP) is 1.61. The van der Waals surface area contributed by atoms with Gasteiger partial charge in [-0.1, -0.05) is 0 Å². The van der Waals surface area contributed by atoms with Crippen LogP contribution in [0.1, 0.15) is 20.3 Å². The van der Waals surface area contributed by atoms with Gasteiger partial charge in [-0.3, -0.25) is 4.79 Å². The SMILES string of the molecule is CCn1ncc(NC2CCOC2C)c(Br)c1=O. The molecule has 6 heteroatoms. The number of rotatable bonds is 3. The Morgan fingerprint density at radius 2 is 2.47 bits per heavy atom. The van der Waals surface area contributed by atoms with Crippen LogP contribution in [0.4, 0.5) is 5.69 Å². The lowest BCUT2D eigenvalue weighted by Crippen LogP contribution is -2.29. The fourth-order valence-corrected chi connectivity index (χ4v) is 2.33. The second-order valence-corrected chi connectivity index (χ2v) is 4.90. The lowest BCUT2D eigenvalue weighted by Gasteiger charge is -2.18. The molecule has 2 unspecified atom stereocenters. The molecule has 1 fully saturated rings. The maximum Gasteiger partial charge on any atom is 0.283 e. The Balaban J connectivity index is 2.22. The van der Waals surface area contributed by atoms with E-state index in [9.17, 15) is 4.79 Å². The largest absolute Gasteiger partial charge is 0.377 e. The summed E-state index contributed by atoms with van der Waals surface area (Å²) in [6.45, 7) is 5.25. The highest BCUT2D eigenvalue weighted by atomic mass is 79.9. The van der Waals surface area contributed by atoms with Crippen molar-refractivity contribution < 1.29 is 4.74 Å². The van der Waals surface area contributed by atoms with Crippen molar-refractivity contribution in [2.24, 2.45) is 0 Å². The van der Waals surface area contributed by atoms with Crippen molar-refractivity contribution in [3.05, 3.63) is 21.0 Å². The van der Waals surface area contributed by atoms with Gasteiger partial charge in [0.2, 0.25) is 0 Å². The molecule has 1 saturated heterocycles. The number of aryl methyl sites for hydroxylation is 1. The standard InChI is InChI=1S/C11H16BrN3O2/c1-3-15-11(16)10(12)9(6-13-15)14-8-4-5-17-7(8)2/h6-8,14H,3-5H2,1-2H3. The number of nitrogens with one attached hydrogen (secondary N) is 1. The molecule has 0 saturated carbocycles. The number of hydrogen-bond acceptors (Lipinski definition) is 4. The van der Waals surface area contributed by atoms with E-state index in [0.29, 0.717) is 11.0 Å². The van der Waals surface area contributed by atoms with Crippen LogP contribution in [0.2, 0.25) is 0 Å². The average molecular weight is 302 g/mol. The minimum Gasteiger partial charge on any atom is -0.377 e. The quantitative estimate of drug-likeness (QED) is 0.922. The molecule has 0 amide bonds. The Hall–Kier alpha value is -0.880. The van der Waals surface area contributed by atoms with Gasteiger partial charge in [0.15, 0.2) is 0 Å². The lowest BCUT2D eigenvalue weighted by atomic mass is 10.1. The summed E-state index contributed by atoms with van der Waals surface area (Å²) in [5.41, 5.74) is 0.631. The summed E-state index contributed by atoms with van der Waals surface area (Å²) in [6, 6.07) is 0.241. The van der Waals surface area contributed by atoms with Crippen LogP contribution in [0.5, 0.6) is 0 Å². The van der Waals surface area contributed by atoms with Gasteiger partial charge in [-0.2, -0.15) is 5.10 Å². The molecule has 2 heterocycles. The number of anilines is 1. The summed E-state index contributed by atoms with van der Waals surface area (Å²) in [5.74, 6) is 0. The third-order valence-corrected chi connectivity index (χ3v) is 3.77.